The molecule has 0 saturated heterocycles. The quantitative estimate of drug-likeness (QED) is 0.735. The Morgan fingerprint density at radius 1 is 0.714 bits per heavy atom. The molecule has 1 heterocycles. The highest BCUT2D eigenvalue weighted by atomic mass is 16.5. The number of hydrogen-bond donors (Lipinski definition) is 0. The number of fused-ring (bicyclic) bond motifs is 2. The van der Waals surface area contributed by atoms with Crippen LogP contribution in [0.1, 0.15) is 41.6 Å². The maximum atomic E-state index is 12.4. The Bertz CT molecular complexity index is 547. The molecular weight excluding hydrogens is 268 g/mol. The first-order valence-corrected chi connectivity index (χ1v) is 7.59. The SMILES string of the molecule is O=C1C2=C(OCCCCOCCCCO2)c2ccccc21. The second-order valence-corrected chi connectivity index (χ2v) is 5.26. The minimum absolute atomic E-state index is 0.0632. The Morgan fingerprint density at radius 2 is 1.29 bits per heavy atom. The molecule has 0 saturated carbocycles. The third kappa shape index (κ3) is 3.10. The highest BCUT2D eigenvalue weighted by Crippen LogP contribution is 2.34. The Kier molecular flexibility index (Phi) is 4.55. The average molecular weight is 288 g/mol. The summed E-state index contributed by atoms with van der Waals surface area (Å²) in [6.45, 7) is 2.62. The molecule has 1 aromatic carbocycles. The van der Waals surface area contributed by atoms with Crippen LogP contribution in [0.5, 0.6) is 0 Å². The number of carbonyl (C=O) groups excluding carboxylic acids is 1. The molecule has 1 aliphatic heterocycles. The molecule has 112 valence electrons. The Labute approximate surface area is 124 Å². The molecule has 3 rings (SSSR count). The number of carbonyl (C=O) groups is 1. The molecule has 0 radical (unpaired) electrons. The van der Waals surface area contributed by atoms with Crippen molar-refractivity contribution in [3.05, 3.63) is 41.2 Å². The van der Waals surface area contributed by atoms with E-state index in [0.717, 1.165) is 44.5 Å². The topological polar surface area (TPSA) is 44.8 Å². The predicted octanol–water partition coefficient (Wildman–Crippen LogP) is 3.18. The molecule has 0 unspecified atom stereocenters. The lowest BCUT2D eigenvalue weighted by Crippen LogP contribution is -2.05. The summed E-state index contributed by atoms with van der Waals surface area (Å²) < 4.78 is 17.1. The molecule has 0 amide bonds. The summed E-state index contributed by atoms with van der Waals surface area (Å²) in [4.78, 5) is 12.4. The van der Waals surface area contributed by atoms with Crippen molar-refractivity contribution in [1.29, 1.82) is 0 Å². The predicted molar refractivity (Wildman–Crippen MR) is 78.9 cm³/mol. The van der Waals surface area contributed by atoms with Crippen LogP contribution in [-0.4, -0.2) is 32.2 Å². The number of ether oxygens (including phenoxy) is 3. The average Bonchev–Trinajstić information content (AvgIpc) is 2.79. The molecule has 1 aromatic rings. The first-order chi connectivity index (χ1) is 10.4. The minimum atomic E-state index is -0.0632. The van der Waals surface area contributed by atoms with Gasteiger partial charge in [-0.1, -0.05) is 24.3 Å². The van der Waals surface area contributed by atoms with Gasteiger partial charge < -0.3 is 14.2 Å². The Hall–Kier alpha value is -1.81. The van der Waals surface area contributed by atoms with Crippen molar-refractivity contribution in [3.8, 4) is 0 Å². The first kappa shape index (κ1) is 14.1. The van der Waals surface area contributed by atoms with E-state index < -0.39 is 0 Å². The van der Waals surface area contributed by atoms with Gasteiger partial charge in [0.1, 0.15) is 0 Å². The van der Waals surface area contributed by atoms with Crippen molar-refractivity contribution in [2.75, 3.05) is 26.4 Å². The lowest BCUT2D eigenvalue weighted by molar-refractivity contribution is 0.0902. The third-order valence-electron chi connectivity index (χ3n) is 3.69. The van der Waals surface area contributed by atoms with E-state index in [1.54, 1.807) is 0 Å². The fourth-order valence-corrected chi connectivity index (χ4v) is 2.56. The van der Waals surface area contributed by atoms with Gasteiger partial charge in [-0.05, 0) is 25.7 Å². The molecule has 0 bridgehead atoms. The summed E-state index contributed by atoms with van der Waals surface area (Å²) in [6.07, 6.45) is 3.71. The van der Waals surface area contributed by atoms with Crippen LogP contribution < -0.4 is 0 Å². The largest absolute Gasteiger partial charge is 0.489 e. The zero-order valence-corrected chi connectivity index (χ0v) is 12.1. The van der Waals surface area contributed by atoms with Gasteiger partial charge >= 0.3 is 0 Å². The smallest absolute Gasteiger partial charge is 0.232 e. The second kappa shape index (κ2) is 6.76. The summed E-state index contributed by atoms with van der Waals surface area (Å²) in [6, 6.07) is 7.53. The van der Waals surface area contributed by atoms with E-state index in [-0.39, 0.29) is 5.78 Å². The zero-order valence-electron chi connectivity index (χ0n) is 12.1. The Balaban J connectivity index is 1.82. The van der Waals surface area contributed by atoms with Crippen molar-refractivity contribution in [3.63, 3.8) is 0 Å². The van der Waals surface area contributed by atoms with Crippen LogP contribution in [0.4, 0.5) is 0 Å². The van der Waals surface area contributed by atoms with E-state index in [0.29, 0.717) is 30.3 Å². The van der Waals surface area contributed by atoms with E-state index in [9.17, 15) is 4.79 Å². The van der Waals surface area contributed by atoms with E-state index in [1.807, 2.05) is 24.3 Å². The summed E-state index contributed by atoms with van der Waals surface area (Å²) in [5, 5.41) is 0. The first-order valence-electron chi connectivity index (χ1n) is 7.59. The van der Waals surface area contributed by atoms with Gasteiger partial charge in [0, 0.05) is 24.3 Å². The van der Waals surface area contributed by atoms with E-state index >= 15 is 0 Å². The number of Topliss-reactive ketones (excluding diaryl/α,β-unsaturated/α-hetero) is 1. The van der Waals surface area contributed by atoms with E-state index in [2.05, 4.69) is 0 Å². The molecule has 0 aromatic heterocycles. The highest BCUT2D eigenvalue weighted by Gasteiger charge is 2.32. The number of allylic oxidation sites excluding steroid dienone is 1. The van der Waals surface area contributed by atoms with Gasteiger partial charge in [-0.15, -0.1) is 0 Å². The van der Waals surface area contributed by atoms with Crippen molar-refractivity contribution >= 4 is 11.5 Å². The normalized spacial score (nSPS) is 20.3. The van der Waals surface area contributed by atoms with Crippen LogP contribution in [0.25, 0.3) is 5.76 Å². The summed E-state index contributed by atoms with van der Waals surface area (Å²) in [5.41, 5.74) is 1.53. The molecule has 4 nitrogen and oxygen atoms in total. The monoisotopic (exact) mass is 288 g/mol. The van der Waals surface area contributed by atoms with Crippen LogP contribution in [0.3, 0.4) is 0 Å². The van der Waals surface area contributed by atoms with Gasteiger partial charge in [0.05, 0.1) is 13.2 Å². The number of rotatable bonds is 0. The molecule has 1 aliphatic carbocycles. The lowest BCUT2D eigenvalue weighted by atomic mass is 10.1. The van der Waals surface area contributed by atoms with Crippen LogP contribution >= 0.6 is 0 Å². The second-order valence-electron chi connectivity index (χ2n) is 5.26. The molecular formula is C17H20O4. The molecule has 0 atom stereocenters. The molecule has 21 heavy (non-hydrogen) atoms. The van der Waals surface area contributed by atoms with Crippen LogP contribution in [0.15, 0.2) is 30.0 Å². The van der Waals surface area contributed by atoms with Gasteiger partial charge in [-0.2, -0.15) is 0 Å². The molecule has 0 fully saturated rings. The number of ketones is 1. The van der Waals surface area contributed by atoms with Gasteiger partial charge in [0.15, 0.2) is 5.76 Å². The van der Waals surface area contributed by atoms with Crippen molar-refractivity contribution < 1.29 is 19.0 Å². The van der Waals surface area contributed by atoms with Gasteiger partial charge in [-0.3, -0.25) is 4.79 Å². The van der Waals surface area contributed by atoms with Gasteiger partial charge in [0.25, 0.3) is 0 Å². The van der Waals surface area contributed by atoms with Gasteiger partial charge in [-0.25, -0.2) is 0 Å². The maximum absolute atomic E-state index is 12.4. The standard InChI is InChI=1S/C17H20O4/c18-15-13-7-1-2-8-14(13)16-17(15)21-12-6-4-10-19-9-3-5-11-20-16/h1-2,7-8H,3-6,9-12H2. The van der Waals surface area contributed by atoms with Crippen molar-refractivity contribution in [2.45, 2.75) is 25.7 Å². The van der Waals surface area contributed by atoms with Crippen LogP contribution in [-0.2, 0) is 14.2 Å². The lowest BCUT2D eigenvalue weighted by Gasteiger charge is -2.10. The summed E-state index contributed by atoms with van der Waals surface area (Å²) in [5.74, 6) is 0.916. The number of hydrogen-bond acceptors (Lipinski definition) is 4. The highest BCUT2D eigenvalue weighted by molar-refractivity contribution is 6.18. The molecule has 4 heteroatoms. The maximum Gasteiger partial charge on any atom is 0.232 e. The fraction of sp³-hybridized carbons (Fsp3) is 0.471. The zero-order chi connectivity index (χ0) is 14.5. The van der Waals surface area contributed by atoms with Crippen LogP contribution in [0, 0.1) is 0 Å². The minimum Gasteiger partial charge on any atom is -0.489 e. The number of benzene rings is 1. The van der Waals surface area contributed by atoms with E-state index in [4.69, 9.17) is 14.2 Å². The molecule has 0 N–H and O–H groups in total. The fourth-order valence-electron chi connectivity index (χ4n) is 2.56. The van der Waals surface area contributed by atoms with Crippen molar-refractivity contribution in [1.82, 2.24) is 0 Å². The summed E-state index contributed by atoms with van der Waals surface area (Å²) >= 11 is 0. The summed E-state index contributed by atoms with van der Waals surface area (Å²) in [7, 11) is 0. The van der Waals surface area contributed by atoms with Gasteiger partial charge in [0.2, 0.25) is 11.5 Å². The Morgan fingerprint density at radius 3 is 2.00 bits per heavy atom. The van der Waals surface area contributed by atoms with E-state index in [1.165, 1.54) is 0 Å². The molecule has 2 aliphatic rings. The third-order valence-corrected chi connectivity index (χ3v) is 3.69. The molecule has 0 spiro atoms. The van der Waals surface area contributed by atoms with Crippen molar-refractivity contribution in [2.24, 2.45) is 0 Å². The van der Waals surface area contributed by atoms with Crippen LogP contribution in [0.2, 0.25) is 0 Å².